The van der Waals surface area contributed by atoms with Crippen LogP contribution in [0.1, 0.15) is 0 Å². The summed E-state index contributed by atoms with van der Waals surface area (Å²) in [5, 5.41) is 7.49. The Balaban J connectivity index is 1.60. The minimum Gasteiger partial charge on any atom is -0.436 e. The number of carbonyl (C=O) groups is 1. The fourth-order valence-electron chi connectivity index (χ4n) is 2.57. The monoisotopic (exact) mass is 395 g/mol. The van der Waals surface area contributed by atoms with E-state index < -0.39 is 5.69 Å². The van der Waals surface area contributed by atoms with Gasteiger partial charge in [-0.05, 0) is 36.4 Å². The number of anilines is 1. The van der Waals surface area contributed by atoms with Gasteiger partial charge in [0.1, 0.15) is 12.3 Å². The van der Waals surface area contributed by atoms with E-state index in [1.165, 1.54) is 16.8 Å². The van der Waals surface area contributed by atoms with Crippen LogP contribution in [0, 0.1) is 0 Å². The first-order valence-electron chi connectivity index (χ1n) is 8.33. The predicted octanol–water partition coefficient (Wildman–Crippen LogP) is 2.98. The van der Waals surface area contributed by atoms with E-state index in [2.05, 4.69) is 15.4 Å². The summed E-state index contributed by atoms with van der Waals surface area (Å²) < 4.78 is 8.04. The zero-order chi connectivity index (χ0) is 19.5. The summed E-state index contributed by atoms with van der Waals surface area (Å²) in [5.41, 5.74) is 0.370. The second-order valence-corrected chi connectivity index (χ2v) is 6.27. The molecule has 4 rings (SSSR count). The molecule has 9 heteroatoms. The van der Waals surface area contributed by atoms with Crippen LogP contribution in [0.2, 0.25) is 5.02 Å². The van der Waals surface area contributed by atoms with Crippen molar-refractivity contribution in [3.05, 3.63) is 82.5 Å². The van der Waals surface area contributed by atoms with Gasteiger partial charge in [0.15, 0.2) is 0 Å². The maximum absolute atomic E-state index is 12.5. The lowest BCUT2D eigenvalue weighted by Gasteiger charge is -2.04. The third kappa shape index (κ3) is 3.72. The molecule has 28 heavy (non-hydrogen) atoms. The third-order valence-electron chi connectivity index (χ3n) is 3.85. The van der Waals surface area contributed by atoms with E-state index in [9.17, 15) is 9.59 Å². The second kappa shape index (κ2) is 7.53. The predicted molar refractivity (Wildman–Crippen MR) is 104 cm³/mol. The van der Waals surface area contributed by atoms with Gasteiger partial charge in [-0.15, -0.1) is 5.10 Å². The van der Waals surface area contributed by atoms with Crippen LogP contribution in [0.25, 0.3) is 5.65 Å². The van der Waals surface area contributed by atoms with Crippen LogP contribution in [0.4, 0.5) is 5.69 Å². The van der Waals surface area contributed by atoms with Gasteiger partial charge in [0, 0.05) is 23.1 Å². The summed E-state index contributed by atoms with van der Waals surface area (Å²) in [6, 6.07) is 15.7. The number of halogens is 1. The minimum absolute atomic E-state index is 0.143. The SMILES string of the molecule is O=C(Cn1nc2c(Oc3ccc(Cl)cc3)nccn2c1=O)Nc1ccccc1. The smallest absolute Gasteiger partial charge is 0.351 e. The van der Waals surface area contributed by atoms with Gasteiger partial charge in [-0.1, -0.05) is 29.8 Å². The lowest BCUT2D eigenvalue weighted by molar-refractivity contribution is -0.117. The number of hydrogen-bond acceptors (Lipinski definition) is 5. The Kier molecular flexibility index (Phi) is 4.77. The Hall–Kier alpha value is -3.65. The van der Waals surface area contributed by atoms with E-state index in [1.54, 1.807) is 48.5 Å². The van der Waals surface area contributed by atoms with Crippen molar-refractivity contribution in [3.63, 3.8) is 0 Å². The van der Waals surface area contributed by atoms with Crippen LogP contribution in [0.5, 0.6) is 11.6 Å². The number of hydrogen-bond donors (Lipinski definition) is 1. The number of nitrogens with one attached hydrogen (secondary N) is 1. The zero-order valence-corrected chi connectivity index (χ0v) is 15.2. The average molecular weight is 396 g/mol. The summed E-state index contributed by atoms with van der Waals surface area (Å²) >= 11 is 5.87. The largest absolute Gasteiger partial charge is 0.436 e. The fraction of sp³-hybridized carbons (Fsp3) is 0.0526. The molecule has 0 radical (unpaired) electrons. The quantitative estimate of drug-likeness (QED) is 0.561. The summed E-state index contributed by atoms with van der Waals surface area (Å²) in [4.78, 5) is 28.9. The molecule has 0 spiro atoms. The summed E-state index contributed by atoms with van der Waals surface area (Å²) in [5.74, 6) is 0.266. The number of aromatic nitrogens is 4. The van der Waals surface area contributed by atoms with Gasteiger partial charge in [-0.3, -0.25) is 4.79 Å². The Labute approximate surface area is 164 Å². The number of carbonyl (C=O) groups excluding carboxylic acids is 1. The molecule has 4 aromatic rings. The van der Waals surface area contributed by atoms with E-state index in [0.717, 1.165) is 4.68 Å². The molecule has 0 aliphatic heterocycles. The van der Waals surface area contributed by atoms with Crippen LogP contribution in [-0.2, 0) is 11.3 Å². The number of fused-ring (bicyclic) bond motifs is 1. The highest BCUT2D eigenvalue weighted by Crippen LogP contribution is 2.23. The number of rotatable bonds is 5. The van der Waals surface area contributed by atoms with Crippen molar-refractivity contribution in [2.45, 2.75) is 6.54 Å². The van der Waals surface area contributed by atoms with Crippen molar-refractivity contribution < 1.29 is 9.53 Å². The lowest BCUT2D eigenvalue weighted by Crippen LogP contribution is -2.28. The molecule has 0 saturated heterocycles. The van der Waals surface area contributed by atoms with Gasteiger partial charge in [-0.2, -0.15) is 0 Å². The van der Waals surface area contributed by atoms with Gasteiger partial charge in [0.25, 0.3) is 5.88 Å². The Morgan fingerprint density at radius 1 is 1.11 bits per heavy atom. The van der Waals surface area contributed by atoms with Crippen molar-refractivity contribution >= 4 is 28.8 Å². The van der Waals surface area contributed by atoms with E-state index in [-0.39, 0.29) is 24.0 Å². The highest BCUT2D eigenvalue weighted by molar-refractivity contribution is 6.30. The molecule has 0 fully saturated rings. The van der Waals surface area contributed by atoms with Crippen LogP contribution < -0.4 is 15.7 Å². The Morgan fingerprint density at radius 3 is 2.61 bits per heavy atom. The minimum atomic E-state index is -0.471. The topological polar surface area (TPSA) is 90.5 Å². The average Bonchev–Trinajstić information content (AvgIpc) is 3.01. The number of benzene rings is 2. The molecule has 2 heterocycles. The first-order valence-corrected chi connectivity index (χ1v) is 8.70. The first kappa shape index (κ1) is 17.7. The molecule has 0 bridgehead atoms. The fourth-order valence-corrected chi connectivity index (χ4v) is 2.70. The van der Waals surface area contributed by atoms with Crippen LogP contribution in [0.3, 0.4) is 0 Å². The van der Waals surface area contributed by atoms with E-state index in [1.807, 2.05) is 6.07 Å². The molecule has 140 valence electrons. The molecule has 8 nitrogen and oxygen atoms in total. The van der Waals surface area contributed by atoms with Crippen molar-refractivity contribution in [2.75, 3.05) is 5.32 Å². The Morgan fingerprint density at radius 2 is 1.86 bits per heavy atom. The van der Waals surface area contributed by atoms with Gasteiger partial charge in [0.2, 0.25) is 11.6 Å². The molecule has 0 saturated carbocycles. The highest BCUT2D eigenvalue weighted by atomic mass is 35.5. The Bertz CT molecular complexity index is 1190. The summed E-state index contributed by atoms with van der Waals surface area (Å²) in [7, 11) is 0. The molecule has 0 aliphatic carbocycles. The van der Waals surface area contributed by atoms with Gasteiger partial charge in [-0.25, -0.2) is 18.9 Å². The molecule has 0 unspecified atom stereocenters. The molecule has 0 atom stereocenters. The van der Waals surface area contributed by atoms with Crippen LogP contribution in [-0.4, -0.2) is 25.1 Å². The maximum Gasteiger partial charge on any atom is 0.351 e. The van der Waals surface area contributed by atoms with Crippen LogP contribution in [0.15, 0.2) is 71.8 Å². The van der Waals surface area contributed by atoms with Crippen molar-refractivity contribution in [1.29, 1.82) is 0 Å². The normalized spacial score (nSPS) is 10.8. The second-order valence-electron chi connectivity index (χ2n) is 5.84. The molecule has 1 N–H and O–H groups in total. The number of nitrogens with zero attached hydrogens (tertiary/aromatic N) is 4. The first-order chi connectivity index (χ1) is 13.6. The number of para-hydroxylation sites is 1. The summed E-state index contributed by atoms with van der Waals surface area (Å²) in [6.07, 6.45) is 2.89. The maximum atomic E-state index is 12.5. The molecule has 2 aromatic carbocycles. The van der Waals surface area contributed by atoms with Gasteiger partial charge >= 0.3 is 5.69 Å². The molecule has 2 aromatic heterocycles. The van der Waals surface area contributed by atoms with Crippen molar-refractivity contribution in [2.24, 2.45) is 0 Å². The van der Waals surface area contributed by atoms with Crippen molar-refractivity contribution in [1.82, 2.24) is 19.2 Å². The summed E-state index contributed by atoms with van der Waals surface area (Å²) in [6.45, 7) is -0.240. The number of amides is 1. The molecular formula is C19H14ClN5O3. The van der Waals surface area contributed by atoms with E-state index in [0.29, 0.717) is 16.5 Å². The van der Waals surface area contributed by atoms with Crippen LogP contribution >= 0.6 is 11.6 Å². The number of ether oxygens (including phenoxy) is 1. The van der Waals surface area contributed by atoms with E-state index >= 15 is 0 Å². The molecular weight excluding hydrogens is 382 g/mol. The molecule has 1 amide bonds. The van der Waals surface area contributed by atoms with E-state index in [4.69, 9.17) is 16.3 Å². The van der Waals surface area contributed by atoms with Crippen molar-refractivity contribution in [3.8, 4) is 11.6 Å². The van der Waals surface area contributed by atoms with Gasteiger partial charge in [0.05, 0.1) is 0 Å². The highest BCUT2D eigenvalue weighted by Gasteiger charge is 2.15. The third-order valence-corrected chi connectivity index (χ3v) is 4.10. The van der Waals surface area contributed by atoms with Gasteiger partial charge < -0.3 is 10.1 Å². The lowest BCUT2D eigenvalue weighted by atomic mass is 10.3. The molecule has 0 aliphatic rings. The zero-order valence-electron chi connectivity index (χ0n) is 14.4. The standard InChI is InChI=1S/C19H14ClN5O3/c20-13-6-8-15(9-7-13)28-18-17-23-25(19(27)24(17)11-10-21-18)12-16(26)22-14-4-2-1-3-5-14/h1-11H,12H2,(H,22,26).